The van der Waals surface area contributed by atoms with Gasteiger partial charge in [-0.3, -0.25) is 14.3 Å². The van der Waals surface area contributed by atoms with Gasteiger partial charge in [0.25, 0.3) is 5.56 Å². The van der Waals surface area contributed by atoms with Crippen LogP contribution in [0.5, 0.6) is 5.88 Å². The van der Waals surface area contributed by atoms with Crippen molar-refractivity contribution in [3.63, 3.8) is 0 Å². The molecule has 2 N–H and O–H groups in total. The van der Waals surface area contributed by atoms with Crippen molar-refractivity contribution in [2.45, 2.75) is 13.5 Å². The summed E-state index contributed by atoms with van der Waals surface area (Å²) in [5.41, 5.74) is 1.27. The van der Waals surface area contributed by atoms with Crippen molar-refractivity contribution >= 4 is 35.9 Å². The Kier molecular flexibility index (Phi) is 3.26. The van der Waals surface area contributed by atoms with Crippen LogP contribution in [0.3, 0.4) is 0 Å². The quantitative estimate of drug-likeness (QED) is 0.833. The van der Waals surface area contributed by atoms with Crippen LogP contribution in [0.25, 0.3) is 11.6 Å². The molecule has 0 bridgehead atoms. The van der Waals surface area contributed by atoms with Gasteiger partial charge in [-0.1, -0.05) is 0 Å². The molecule has 21 heavy (non-hydrogen) atoms. The molecule has 0 fully saturated rings. The number of hydrogen-bond acceptors (Lipinski definition) is 5. The highest BCUT2D eigenvalue weighted by Gasteiger charge is 2.16. The van der Waals surface area contributed by atoms with Crippen LogP contribution in [-0.4, -0.2) is 25.9 Å². The Labute approximate surface area is 125 Å². The minimum atomic E-state index is -0.430. The zero-order valence-corrected chi connectivity index (χ0v) is 12.0. The summed E-state index contributed by atoms with van der Waals surface area (Å²) in [6.07, 6.45) is 4.86. The van der Waals surface area contributed by atoms with Gasteiger partial charge in [-0.15, -0.1) is 0 Å². The number of pyridine rings is 1. The molecule has 0 saturated carbocycles. The Morgan fingerprint density at radius 2 is 2.33 bits per heavy atom. The van der Waals surface area contributed by atoms with Crippen molar-refractivity contribution in [3.05, 3.63) is 44.6 Å². The van der Waals surface area contributed by atoms with Crippen molar-refractivity contribution in [2.24, 2.45) is 4.99 Å². The zero-order valence-electron chi connectivity index (χ0n) is 11.2. The molecule has 0 saturated heterocycles. The first-order valence-electron chi connectivity index (χ1n) is 6.39. The number of aromatic hydroxyl groups is 1. The van der Waals surface area contributed by atoms with E-state index in [2.05, 4.69) is 15.0 Å². The highest BCUT2D eigenvalue weighted by molar-refractivity contribution is 7.71. The predicted octanol–water partition coefficient (Wildman–Crippen LogP) is 2.28. The Morgan fingerprint density at radius 3 is 3.10 bits per heavy atom. The number of allylic oxidation sites excluding steroid dienone is 1. The van der Waals surface area contributed by atoms with Gasteiger partial charge in [0.2, 0.25) is 5.88 Å². The average Bonchev–Trinajstić information content (AvgIpc) is 2.87. The molecule has 0 spiro atoms. The topological polar surface area (TPSA) is 83.3 Å². The summed E-state index contributed by atoms with van der Waals surface area (Å²) in [5.74, 6) is 0.451. The molecule has 1 aliphatic heterocycles. The molecule has 2 aromatic rings. The van der Waals surface area contributed by atoms with Crippen LogP contribution in [0.2, 0.25) is 0 Å². The maximum atomic E-state index is 12.0. The van der Waals surface area contributed by atoms with Crippen molar-refractivity contribution in [3.8, 4) is 5.88 Å². The Balaban J connectivity index is 2.21. The molecular weight excluding hydrogens is 288 g/mol. The molecule has 6 nitrogen and oxygen atoms in total. The monoisotopic (exact) mass is 300 g/mol. The summed E-state index contributed by atoms with van der Waals surface area (Å²) in [4.78, 5) is 22.9. The lowest BCUT2D eigenvalue weighted by atomic mass is 10.1. The van der Waals surface area contributed by atoms with Crippen LogP contribution in [-0.2, 0) is 6.54 Å². The lowest BCUT2D eigenvalue weighted by Gasteiger charge is -2.08. The van der Waals surface area contributed by atoms with Crippen molar-refractivity contribution < 1.29 is 5.11 Å². The molecule has 0 amide bonds. The van der Waals surface area contributed by atoms with Gasteiger partial charge in [0, 0.05) is 30.1 Å². The maximum absolute atomic E-state index is 12.0. The second-order valence-corrected chi connectivity index (χ2v) is 4.86. The Morgan fingerprint density at radius 1 is 1.52 bits per heavy atom. The molecule has 3 rings (SSSR count). The zero-order chi connectivity index (χ0) is 15.0. The lowest BCUT2D eigenvalue weighted by Crippen LogP contribution is -2.16. The molecule has 0 unspecified atom stereocenters. The first-order chi connectivity index (χ1) is 10.1. The number of fused-ring (bicyclic) bond motifs is 1. The van der Waals surface area contributed by atoms with Gasteiger partial charge < -0.3 is 5.11 Å². The standard InChI is InChI=1S/C14H12N4O2S/c1-2-18-13(20)10(12(19)17-14(18)21)6-8-7-16-11-9(8)4-3-5-15-11/h3-7,20H,2H2,1H3,(H,17,19,21)/b8-6-. The maximum Gasteiger partial charge on any atom is 0.262 e. The third kappa shape index (κ3) is 2.21. The van der Waals surface area contributed by atoms with Gasteiger partial charge in [0.15, 0.2) is 10.6 Å². The van der Waals surface area contributed by atoms with Gasteiger partial charge in [-0.25, -0.2) is 9.98 Å². The molecule has 7 heteroatoms. The molecule has 0 radical (unpaired) electrons. The Bertz CT molecular complexity index is 893. The van der Waals surface area contributed by atoms with Crippen molar-refractivity contribution in [1.82, 2.24) is 14.5 Å². The summed E-state index contributed by atoms with van der Waals surface area (Å²) < 4.78 is 1.66. The SMILES string of the molecule is CCn1c(O)c(/C=C2/C=Nc3ncccc32)c(=O)[nH]c1=S. The minimum Gasteiger partial charge on any atom is -0.494 e. The molecule has 0 aromatic carbocycles. The van der Waals surface area contributed by atoms with E-state index in [9.17, 15) is 9.90 Å². The number of nitrogens with one attached hydrogen (secondary N) is 1. The molecule has 2 aromatic heterocycles. The number of hydrogen-bond donors (Lipinski definition) is 2. The molecule has 0 atom stereocenters. The van der Waals surface area contributed by atoms with E-state index < -0.39 is 5.56 Å². The molecule has 0 aliphatic carbocycles. The fraction of sp³-hybridized carbons (Fsp3) is 0.143. The smallest absolute Gasteiger partial charge is 0.262 e. The molecule has 106 valence electrons. The summed E-state index contributed by atoms with van der Waals surface area (Å²) in [5, 5.41) is 10.2. The summed E-state index contributed by atoms with van der Waals surface area (Å²) in [7, 11) is 0. The molecular formula is C14H12N4O2S. The number of rotatable bonds is 2. The van der Waals surface area contributed by atoms with Crippen LogP contribution < -0.4 is 5.56 Å². The lowest BCUT2D eigenvalue weighted by molar-refractivity contribution is 0.408. The van der Waals surface area contributed by atoms with E-state index in [-0.39, 0.29) is 16.2 Å². The van der Waals surface area contributed by atoms with Gasteiger partial charge in [-0.2, -0.15) is 0 Å². The van der Waals surface area contributed by atoms with E-state index in [1.165, 1.54) is 4.57 Å². The largest absolute Gasteiger partial charge is 0.494 e. The number of H-pyrrole nitrogens is 1. The van der Waals surface area contributed by atoms with Gasteiger partial charge in [-0.05, 0) is 37.4 Å². The summed E-state index contributed by atoms with van der Waals surface area (Å²) in [6, 6.07) is 3.66. The number of aromatic amines is 1. The minimum absolute atomic E-state index is 0.149. The van der Waals surface area contributed by atoms with Crippen molar-refractivity contribution in [2.75, 3.05) is 0 Å². The average molecular weight is 300 g/mol. The van der Waals surface area contributed by atoms with E-state index in [4.69, 9.17) is 12.2 Å². The van der Waals surface area contributed by atoms with Crippen LogP contribution in [0.4, 0.5) is 5.82 Å². The summed E-state index contributed by atoms with van der Waals surface area (Å²) in [6.45, 7) is 2.30. The van der Waals surface area contributed by atoms with Gasteiger partial charge in [0.1, 0.15) is 5.56 Å². The highest BCUT2D eigenvalue weighted by atomic mass is 32.1. The molecule has 1 aliphatic rings. The van der Waals surface area contributed by atoms with Gasteiger partial charge >= 0.3 is 0 Å². The van der Waals surface area contributed by atoms with Gasteiger partial charge in [0.05, 0.1) is 0 Å². The Hall–Kier alpha value is -2.54. The fourth-order valence-corrected chi connectivity index (χ4v) is 2.50. The van der Waals surface area contributed by atoms with E-state index in [0.717, 1.165) is 11.1 Å². The predicted molar refractivity (Wildman–Crippen MR) is 83.5 cm³/mol. The first kappa shape index (κ1) is 13.4. The van der Waals surface area contributed by atoms with Crippen LogP contribution in [0, 0.1) is 4.77 Å². The van der Waals surface area contributed by atoms with E-state index in [0.29, 0.717) is 12.4 Å². The van der Waals surface area contributed by atoms with Crippen molar-refractivity contribution in [1.29, 1.82) is 0 Å². The van der Waals surface area contributed by atoms with E-state index >= 15 is 0 Å². The normalized spacial score (nSPS) is 14.6. The second kappa shape index (κ2) is 5.10. The molecule has 3 heterocycles. The second-order valence-electron chi connectivity index (χ2n) is 4.47. The first-order valence-corrected chi connectivity index (χ1v) is 6.80. The van der Waals surface area contributed by atoms with Crippen LogP contribution >= 0.6 is 12.2 Å². The van der Waals surface area contributed by atoms with Crippen LogP contribution in [0.1, 0.15) is 18.1 Å². The number of aromatic nitrogens is 3. The number of aliphatic imine (C=N–C) groups is 1. The fourth-order valence-electron chi connectivity index (χ4n) is 2.19. The van der Waals surface area contributed by atoms with Crippen LogP contribution in [0.15, 0.2) is 28.1 Å². The summed E-state index contributed by atoms with van der Waals surface area (Å²) >= 11 is 5.02. The highest BCUT2D eigenvalue weighted by Crippen LogP contribution is 2.30. The number of nitrogens with zero attached hydrogens (tertiary/aromatic N) is 3. The third-order valence-corrected chi connectivity index (χ3v) is 3.57. The third-order valence-electron chi connectivity index (χ3n) is 3.25. The van der Waals surface area contributed by atoms with E-state index in [1.807, 2.05) is 13.0 Å². The van der Waals surface area contributed by atoms with E-state index in [1.54, 1.807) is 24.6 Å².